The van der Waals surface area contributed by atoms with Crippen LogP contribution in [0.2, 0.25) is 0 Å². The summed E-state index contributed by atoms with van der Waals surface area (Å²) in [5, 5.41) is 13.9. The van der Waals surface area contributed by atoms with E-state index in [9.17, 15) is 4.39 Å². The Kier molecular flexibility index (Phi) is 2.02. The summed E-state index contributed by atoms with van der Waals surface area (Å²) in [6.07, 6.45) is 2.44. The quantitative estimate of drug-likeness (QED) is 0.711. The molecular weight excluding hydrogens is 251 g/mol. The molecule has 2 aromatic heterocycles. The summed E-state index contributed by atoms with van der Waals surface area (Å²) >= 11 is 1.59. The summed E-state index contributed by atoms with van der Waals surface area (Å²) in [5.41, 5.74) is 0.830. The molecule has 6 heteroatoms. The first kappa shape index (κ1) is 10.1. The lowest BCUT2D eigenvalue weighted by Gasteiger charge is -1.96. The summed E-state index contributed by atoms with van der Waals surface area (Å²) in [6.45, 7) is 0. The molecule has 0 amide bonds. The third-order valence-electron chi connectivity index (χ3n) is 3.04. The highest BCUT2D eigenvalue weighted by Gasteiger charge is 2.28. The molecule has 90 valence electrons. The highest BCUT2D eigenvalue weighted by Crippen LogP contribution is 2.42. The SMILES string of the molecule is Fc1ccc(-c2nnc3sc(C4CC4)nn23)cc1. The van der Waals surface area contributed by atoms with E-state index in [1.54, 1.807) is 28.0 Å². The van der Waals surface area contributed by atoms with Gasteiger partial charge in [0.25, 0.3) is 0 Å². The van der Waals surface area contributed by atoms with Crippen LogP contribution in [0.25, 0.3) is 16.3 Å². The van der Waals surface area contributed by atoms with Gasteiger partial charge in [0.2, 0.25) is 4.96 Å². The van der Waals surface area contributed by atoms with Gasteiger partial charge in [-0.15, -0.1) is 10.2 Å². The number of nitrogens with zero attached hydrogens (tertiary/aromatic N) is 4. The van der Waals surface area contributed by atoms with E-state index in [2.05, 4.69) is 15.3 Å². The van der Waals surface area contributed by atoms with E-state index in [1.807, 2.05) is 0 Å². The number of halogens is 1. The average Bonchev–Trinajstić information content (AvgIpc) is 3.02. The topological polar surface area (TPSA) is 43.1 Å². The predicted molar refractivity (Wildman–Crippen MR) is 66.0 cm³/mol. The van der Waals surface area contributed by atoms with E-state index < -0.39 is 0 Å². The van der Waals surface area contributed by atoms with E-state index >= 15 is 0 Å². The summed E-state index contributed by atoms with van der Waals surface area (Å²) in [6, 6.07) is 6.24. The van der Waals surface area contributed by atoms with E-state index in [4.69, 9.17) is 0 Å². The van der Waals surface area contributed by atoms with Gasteiger partial charge in [0, 0.05) is 11.5 Å². The van der Waals surface area contributed by atoms with E-state index in [0.717, 1.165) is 15.5 Å². The molecule has 0 saturated heterocycles. The zero-order chi connectivity index (χ0) is 12.1. The van der Waals surface area contributed by atoms with Gasteiger partial charge in [0.1, 0.15) is 10.8 Å². The standard InChI is InChI=1S/C12H9FN4S/c13-9-5-3-7(4-6-9)10-14-15-12-17(10)16-11(18-12)8-1-2-8/h3-6,8H,1-2H2. The van der Waals surface area contributed by atoms with Crippen molar-refractivity contribution in [3.8, 4) is 11.4 Å². The zero-order valence-electron chi connectivity index (χ0n) is 9.38. The molecule has 0 aliphatic heterocycles. The lowest BCUT2D eigenvalue weighted by molar-refractivity contribution is 0.628. The van der Waals surface area contributed by atoms with E-state index in [1.165, 1.54) is 25.0 Å². The Bertz CT molecular complexity index is 711. The Morgan fingerprint density at radius 1 is 1.17 bits per heavy atom. The number of hydrogen-bond acceptors (Lipinski definition) is 4. The zero-order valence-corrected chi connectivity index (χ0v) is 10.2. The second-order valence-electron chi connectivity index (χ2n) is 4.44. The van der Waals surface area contributed by atoms with Crippen molar-refractivity contribution in [3.63, 3.8) is 0 Å². The Balaban J connectivity index is 1.85. The normalized spacial score (nSPS) is 15.4. The van der Waals surface area contributed by atoms with Crippen molar-refractivity contribution in [3.05, 3.63) is 35.1 Å². The van der Waals surface area contributed by atoms with Crippen LogP contribution in [0, 0.1) is 5.82 Å². The molecule has 18 heavy (non-hydrogen) atoms. The molecule has 3 aromatic rings. The molecule has 2 heterocycles. The molecule has 0 atom stereocenters. The summed E-state index contributed by atoms with van der Waals surface area (Å²) in [4.78, 5) is 0.802. The van der Waals surface area contributed by atoms with Gasteiger partial charge in [0.15, 0.2) is 5.82 Å². The Morgan fingerprint density at radius 3 is 2.67 bits per heavy atom. The van der Waals surface area contributed by atoms with Gasteiger partial charge >= 0.3 is 0 Å². The molecule has 0 unspecified atom stereocenters. The minimum absolute atomic E-state index is 0.253. The third kappa shape index (κ3) is 1.53. The van der Waals surface area contributed by atoms with Crippen LogP contribution in [-0.4, -0.2) is 19.8 Å². The van der Waals surface area contributed by atoms with E-state index in [-0.39, 0.29) is 5.82 Å². The molecule has 1 aromatic carbocycles. The Morgan fingerprint density at radius 2 is 1.94 bits per heavy atom. The van der Waals surface area contributed by atoms with Gasteiger partial charge in [-0.25, -0.2) is 4.39 Å². The minimum Gasteiger partial charge on any atom is -0.207 e. The molecule has 4 rings (SSSR count). The van der Waals surface area contributed by atoms with Crippen LogP contribution in [-0.2, 0) is 0 Å². The molecule has 1 aliphatic rings. The molecule has 1 aliphatic carbocycles. The van der Waals surface area contributed by atoms with Gasteiger partial charge in [-0.3, -0.25) is 0 Å². The first-order valence-corrected chi connectivity index (χ1v) is 6.61. The van der Waals surface area contributed by atoms with Gasteiger partial charge in [-0.1, -0.05) is 11.3 Å². The lowest BCUT2D eigenvalue weighted by atomic mass is 10.2. The van der Waals surface area contributed by atoms with E-state index in [0.29, 0.717) is 11.7 Å². The summed E-state index contributed by atoms with van der Waals surface area (Å²) in [5.74, 6) is 1.03. The number of fused-ring (bicyclic) bond motifs is 1. The number of benzene rings is 1. The van der Waals surface area contributed by atoms with Crippen molar-refractivity contribution < 1.29 is 4.39 Å². The summed E-state index contributed by atoms with van der Waals surface area (Å²) in [7, 11) is 0. The van der Waals surface area contributed by atoms with Crippen molar-refractivity contribution in [2.45, 2.75) is 18.8 Å². The number of hydrogen-bond donors (Lipinski definition) is 0. The van der Waals surface area contributed by atoms with Crippen LogP contribution in [0.4, 0.5) is 4.39 Å². The third-order valence-corrected chi connectivity index (χ3v) is 4.10. The monoisotopic (exact) mass is 260 g/mol. The maximum Gasteiger partial charge on any atom is 0.234 e. The van der Waals surface area contributed by atoms with Crippen LogP contribution in [0.5, 0.6) is 0 Å². The Hall–Kier alpha value is -1.82. The van der Waals surface area contributed by atoms with Crippen LogP contribution >= 0.6 is 11.3 Å². The predicted octanol–water partition coefficient (Wildman–Crippen LogP) is 2.87. The van der Waals surface area contributed by atoms with Crippen LogP contribution in [0.1, 0.15) is 23.8 Å². The molecule has 0 radical (unpaired) electrons. The molecule has 0 N–H and O–H groups in total. The molecule has 0 bridgehead atoms. The smallest absolute Gasteiger partial charge is 0.207 e. The van der Waals surface area contributed by atoms with Gasteiger partial charge in [-0.2, -0.15) is 9.61 Å². The van der Waals surface area contributed by atoms with Gasteiger partial charge < -0.3 is 0 Å². The van der Waals surface area contributed by atoms with Crippen LogP contribution in [0.3, 0.4) is 0 Å². The van der Waals surface area contributed by atoms with Crippen molar-refractivity contribution in [2.24, 2.45) is 0 Å². The number of rotatable bonds is 2. The molecule has 1 fully saturated rings. The molecule has 0 spiro atoms. The van der Waals surface area contributed by atoms with Crippen molar-refractivity contribution in [1.82, 2.24) is 19.8 Å². The maximum absolute atomic E-state index is 12.9. The second-order valence-corrected chi connectivity index (χ2v) is 5.43. The first-order chi connectivity index (χ1) is 8.81. The van der Waals surface area contributed by atoms with Crippen LogP contribution < -0.4 is 0 Å². The lowest BCUT2D eigenvalue weighted by Crippen LogP contribution is -1.91. The van der Waals surface area contributed by atoms with Crippen molar-refractivity contribution >= 4 is 16.3 Å². The molecular formula is C12H9FN4S. The summed E-state index contributed by atoms with van der Waals surface area (Å²) < 4.78 is 14.7. The van der Waals surface area contributed by atoms with Crippen LogP contribution in [0.15, 0.2) is 24.3 Å². The average molecular weight is 260 g/mol. The first-order valence-electron chi connectivity index (χ1n) is 5.79. The van der Waals surface area contributed by atoms with Crippen molar-refractivity contribution in [1.29, 1.82) is 0 Å². The van der Waals surface area contributed by atoms with Crippen molar-refractivity contribution in [2.75, 3.05) is 0 Å². The number of aromatic nitrogens is 4. The fourth-order valence-electron chi connectivity index (χ4n) is 1.91. The largest absolute Gasteiger partial charge is 0.234 e. The fraction of sp³-hybridized carbons (Fsp3) is 0.250. The highest BCUT2D eigenvalue weighted by molar-refractivity contribution is 7.16. The minimum atomic E-state index is -0.253. The maximum atomic E-state index is 12.9. The molecule has 1 saturated carbocycles. The Labute approximate surface area is 106 Å². The highest BCUT2D eigenvalue weighted by atomic mass is 32.1. The fourth-order valence-corrected chi connectivity index (χ4v) is 2.91. The van der Waals surface area contributed by atoms with Gasteiger partial charge in [-0.05, 0) is 37.1 Å². The second kappa shape index (κ2) is 3.58. The van der Waals surface area contributed by atoms with Gasteiger partial charge in [0.05, 0.1) is 0 Å². The molecule has 4 nitrogen and oxygen atoms in total.